The molecule has 2 N–H and O–H groups in total. The summed E-state index contributed by atoms with van der Waals surface area (Å²) in [7, 11) is 0. The van der Waals surface area contributed by atoms with E-state index in [4.69, 9.17) is 4.74 Å². The zero-order chi connectivity index (χ0) is 22.3. The minimum Gasteiger partial charge on any atom is -0.494 e. The van der Waals surface area contributed by atoms with Crippen LogP contribution in [0.3, 0.4) is 0 Å². The van der Waals surface area contributed by atoms with Crippen molar-refractivity contribution in [1.82, 2.24) is 15.3 Å². The number of aryl methyl sites for hydroxylation is 3. The zero-order valence-corrected chi connectivity index (χ0v) is 20.0. The van der Waals surface area contributed by atoms with E-state index in [0.717, 1.165) is 48.1 Å². The molecule has 0 radical (unpaired) electrons. The maximum atomic E-state index is 12.6. The van der Waals surface area contributed by atoms with Gasteiger partial charge in [0.2, 0.25) is 5.91 Å². The number of benzene rings is 1. The van der Waals surface area contributed by atoms with Gasteiger partial charge in [0, 0.05) is 11.4 Å². The summed E-state index contributed by atoms with van der Waals surface area (Å²) in [5.41, 5.74) is 2.38. The first kappa shape index (κ1) is 22.9. The Kier molecular flexibility index (Phi) is 7.86. The van der Waals surface area contributed by atoms with Crippen molar-refractivity contribution in [1.29, 1.82) is 0 Å². The van der Waals surface area contributed by atoms with E-state index in [1.807, 2.05) is 24.3 Å². The lowest BCUT2D eigenvalue weighted by Gasteiger charge is -2.09. The van der Waals surface area contributed by atoms with E-state index in [9.17, 15) is 9.59 Å². The standard InChI is InChI=1S/C24H29N3O3S2/c1-16-8-10-17(11-9-16)30-13-5-4-12-25-21(28)15-31-14-20-26-23(29)22-18-6-2-3-7-19(18)32-24(22)27-20/h8-11H,2-7,12-15H2,1H3,(H,25,28)(H,26,27,29). The van der Waals surface area contributed by atoms with Crippen molar-refractivity contribution < 1.29 is 9.53 Å². The molecule has 0 saturated heterocycles. The van der Waals surface area contributed by atoms with Gasteiger partial charge in [-0.15, -0.1) is 23.1 Å². The molecule has 0 atom stereocenters. The van der Waals surface area contributed by atoms with Crippen LogP contribution in [0.5, 0.6) is 5.75 Å². The molecule has 4 rings (SSSR count). The average molecular weight is 472 g/mol. The van der Waals surface area contributed by atoms with E-state index in [-0.39, 0.29) is 11.5 Å². The molecule has 0 unspecified atom stereocenters. The number of thiophene rings is 1. The lowest BCUT2D eigenvalue weighted by atomic mass is 9.97. The summed E-state index contributed by atoms with van der Waals surface area (Å²) >= 11 is 3.12. The lowest BCUT2D eigenvalue weighted by molar-refractivity contribution is -0.118. The first-order valence-corrected chi connectivity index (χ1v) is 13.1. The predicted octanol–water partition coefficient (Wildman–Crippen LogP) is 4.38. The molecular formula is C24H29N3O3S2. The topological polar surface area (TPSA) is 84.1 Å². The van der Waals surface area contributed by atoms with Crippen LogP contribution < -0.4 is 15.6 Å². The number of carbonyl (C=O) groups excluding carboxylic acids is 1. The molecule has 6 nitrogen and oxygen atoms in total. The molecule has 1 aliphatic carbocycles. The summed E-state index contributed by atoms with van der Waals surface area (Å²) in [6.07, 6.45) is 6.12. The van der Waals surface area contributed by atoms with E-state index >= 15 is 0 Å². The molecule has 1 amide bonds. The quantitative estimate of drug-likeness (QED) is 0.429. The van der Waals surface area contributed by atoms with E-state index in [1.165, 1.54) is 34.2 Å². The van der Waals surface area contributed by atoms with Crippen molar-refractivity contribution in [2.75, 3.05) is 18.9 Å². The van der Waals surface area contributed by atoms with Crippen LogP contribution in [0.1, 0.15) is 47.5 Å². The van der Waals surface area contributed by atoms with Crippen molar-refractivity contribution in [3.05, 3.63) is 56.4 Å². The Bertz CT molecular complexity index is 1120. The highest BCUT2D eigenvalue weighted by atomic mass is 32.2. The van der Waals surface area contributed by atoms with Gasteiger partial charge in [-0.2, -0.15) is 0 Å². The molecule has 0 fully saturated rings. The molecule has 0 saturated carbocycles. The van der Waals surface area contributed by atoms with E-state index in [1.54, 1.807) is 11.3 Å². The van der Waals surface area contributed by atoms with Crippen LogP contribution in [-0.2, 0) is 23.4 Å². The van der Waals surface area contributed by atoms with Crippen LogP contribution in [0, 0.1) is 6.92 Å². The highest BCUT2D eigenvalue weighted by Gasteiger charge is 2.19. The molecule has 8 heteroatoms. The lowest BCUT2D eigenvalue weighted by Crippen LogP contribution is -2.26. The number of nitrogens with one attached hydrogen (secondary N) is 2. The molecular weight excluding hydrogens is 442 g/mol. The minimum atomic E-state index is -0.0395. The third-order valence-corrected chi connectivity index (χ3v) is 7.66. The van der Waals surface area contributed by atoms with Crippen LogP contribution >= 0.6 is 23.1 Å². The number of aromatic nitrogens is 2. The van der Waals surface area contributed by atoms with Gasteiger partial charge in [0.05, 0.1) is 23.5 Å². The number of thioether (sulfide) groups is 1. The molecule has 1 aromatic carbocycles. The monoisotopic (exact) mass is 471 g/mol. The van der Waals surface area contributed by atoms with Crippen molar-refractivity contribution in [3.63, 3.8) is 0 Å². The van der Waals surface area contributed by atoms with Gasteiger partial charge >= 0.3 is 0 Å². The van der Waals surface area contributed by atoms with Gasteiger partial charge in [-0.05, 0) is 63.1 Å². The number of hydrogen-bond acceptors (Lipinski definition) is 6. The van der Waals surface area contributed by atoms with Gasteiger partial charge in [-0.25, -0.2) is 4.98 Å². The van der Waals surface area contributed by atoms with Crippen LogP contribution in [0.4, 0.5) is 0 Å². The third kappa shape index (κ3) is 5.92. The number of H-pyrrole nitrogens is 1. The summed E-state index contributed by atoms with van der Waals surface area (Å²) in [6, 6.07) is 8.01. The number of carbonyl (C=O) groups is 1. The number of rotatable bonds is 10. The molecule has 0 spiro atoms. The van der Waals surface area contributed by atoms with Crippen LogP contribution in [0.15, 0.2) is 29.1 Å². The summed E-state index contributed by atoms with van der Waals surface area (Å²) < 4.78 is 5.70. The van der Waals surface area contributed by atoms with Crippen molar-refractivity contribution >= 4 is 39.2 Å². The highest BCUT2D eigenvalue weighted by molar-refractivity contribution is 7.99. The molecule has 170 valence electrons. The first-order valence-electron chi connectivity index (χ1n) is 11.2. The van der Waals surface area contributed by atoms with Gasteiger partial charge in [0.25, 0.3) is 5.56 Å². The molecule has 2 aromatic heterocycles. The zero-order valence-electron chi connectivity index (χ0n) is 18.4. The van der Waals surface area contributed by atoms with Gasteiger partial charge in [0.1, 0.15) is 16.4 Å². The van der Waals surface area contributed by atoms with Gasteiger partial charge in [-0.3, -0.25) is 9.59 Å². The second-order valence-corrected chi connectivity index (χ2v) is 10.2. The molecule has 0 aliphatic heterocycles. The second-order valence-electron chi connectivity index (χ2n) is 8.12. The largest absolute Gasteiger partial charge is 0.494 e. The Balaban J connectivity index is 1.15. The first-order chi connectivity index (χ1) is 15.6. The summed E-state index contributed by atoms with van der Waals surface area (Å²) in [5.74, 6) is 2.40. The molecule has 3 aromatic rings. The Labute approximate surface area is 196 Å². The normalized spacial score (nSPS) is 13.2. The number of amides is 1. The van der Waals surface area contributed by atoms with E-state index in [0.29, 0.717) is 30.5 Å². The Morgan fingerprint density at radius 2 is 2.03 bits per heavy atom. The summed E-state index contributed by atoms with van der Waals surface area (Å²) in [6.45, 7) is 3.33. The van der Waals surface area contributed by atoms with Gasteiger partial charge in [0.15, 0.2) is 0 Å². The Morgan fingerprint density at radius 1 is 1.22 bits per heavy atom. The molecule has 0 bridgehead atoms. The third-order valence-electron chi connectivity index (χ3n) is 5.53. The average Bonchev–Trinajstić information content (AvgIpc) is 3.16. The summed E-state index contributed by atoms with van der Waals surface area (Å²) in [4.78, 5) is 34.4. The predicted molar refractivity (Wildman–Crippen MR) is 132 cm³/mol. The highest BCUT2D eigenvalue weighted by Crippen LogP contribution is 2.33. The smallest absolute Gasteiger partial charge is 0.259 e. The fourth-order valence-electron chi connectivity index (χ4n) is 3.85. The fraction of sp³-hybridized carbons (Fsp3) is 0.458. The molecule has 2 heterocycles. The molecule has 1 aliphatic rings. The Hall–Kier alpha value is -2.32. The maximum absolute atomic E-state index is 12.6. The number of aromatic amines is 1. The number of unbranched alkanes of at least 4 members (excludes halogenated alkanes) is 1. The SMILES string of the molecule is Cc1ccc(OCCCCNC(=O)CSCc2nc3sc4c(c3c(=O)[nH]2)CCCC4)cc1. The molecule has 32 heavy (non-hydrogen) atoms. The van der Waals surface area contributed by atoms with Crippen molar-refractivity contribution in [3.8, 4) is 5.75 Å². The minimum absolute atomic E-state index is 0.00413. The van der Waals surface area contributed by atoms with Gasteiger partial charge in [-0.1, -0.05) is 17.7 Å². The number of fused-ring (bicyclic) bond motifs is 3. The van der Waals surface area contributed by atoms with E-state index in [2.05, 4.69) is 22.2 Å². The Morgan fingerprint density at radius 3 is 2.88 bits per heavy atom. The second kappa shape index (κ2) is 11.0. The number of ether oxygens (including phenoxy) is 1. The summed E-state index contributed by atoms with van der Waals surface area (Å²) in [5, 5.41) is 3.72. The van der Waals surface area contributed by atoms with Gasteiger partial charge < -0.3 is 15.0 Å². The van der Waals surface area contributed by atoms with Crippen molar-refractivity contribution in [2.45, 2.75) is 51.2 Å². The van der Waals surface area contributed by atoms with E-state index < -0.39 is 0 Å². The fourth-order valence-corrected chi connectivity index (χ4v) is 5.85. The van der Waals surface area contributed by atoms with Crippen LogP contribution in [0.2, 0.25) is 0 Å². The maximum Gasteiger partial charge on any atom is 0.259 e. The number of hydrogen-bond donors (Lipinski definition) is 2. The van der Waals surface area contributed by atoms with Crippen molar-refractivity contribution in [2.24, 2.45) is 0 Å². The van der Waals surface area contributed by atoms with Crippen LogP contribution in [0.25, 0.3) is 10.2 Å². The van der Waals surface area contributed by atoms with Crippen LogP contribution in [-0.4, -0.2) is 34.8 Å². The number of nitrogens with zero attached hydrogens (tertiary/aromatic N) is 1.